The molecule has 0 radical (unpaired) electrons. The summed E-state index contributed by atoms with van der Waals surface area (Å²) in [5.41, 5.74) is 3.40. The van der Waals surface area contributed by atoms with Crippen molar-refractivity contribution >= 4 is 23.7 Å². The summed E-state index contributed by atoms with van der Waals surface area (Å²) in [7, 11) is 8.13. The molecule has 2 atom stereocenters. The molecule has 0 aromatic heterocycles. The molecule has 0 aliphatic heterocycles. The zero-order chi connectivity index (χ0) is 23.5. The fourth-order valence-electron chi connectivity index (χ4n) is 5.63. The lowest BCUT2D eigenvalue weighted by Crippen LogP contribution is -2.41. The Morgan fingerprint density at radius 2 is 1.06 bits per heavy atom. The van der Waals surface area contributed by atoms with Crippen LogP contribution in [0.3, 0.4) is 0 Å². The van der Waals surface area contributed by atoms with Crippen LogP contribution in [0.1, 0.15) is 63.5 Å². The van der Waals surface area contributed by atoms with Crippen LogP contribution in [0.25, 0.3) is 12.2 Å². The minimum absolute atomic E-state index is 0.289. The molecule has 4 heteroatoms. The molecule has 0 saturated heterocycles. The van der Waals surface area contributed by atoms with Crippen LogP contribution in [-0.2, 0) is 9.59 Å². The van der Waals surface area contributed by atoms with Crippen molar-refractivity contribution in [2.45, 2.75) is 52.4 Å². The topological polar surface area (TPSA) is 40.6 Å². The Labute approximate surface area is 194 Å². The van der Waals surface area contributed by atoms with Crippen LogP contribution in [0.5, 0.6) is 0 Å². The van der Waals surface area contributed by atoms with E-state index >= 15 is 0 Å². The van der Waals surface area contributed by atoms with Crippen molar-refractivity contribution in [3.8, 4) is 0 Å². The molecule has 1 aromatic carbocycles. The molecule has 2 saturated carbocycles. The van der Waals surface area contributed by atoms with Gasteiger partial charge in [-0.2, -0.15) is 0 Å². The summed E-state index contributed by atoms with van der Waals surface area (Å²) in [5.74, 6) is 0.577. The average molecular weight is 437 g/mol. The largest absolute Gasteiger partial charge is 0.308 e. The first-order chi connectivity index (χ1) is 15.0. The molecule has 0 amide bonds. The number of Topliss-reactive ketones (excluding diaryl/α,β-unsaturated/α-hetero) is 2. The lowest BCUT2D eigenvalue weighted by molar-refractivity contribution is -0.127. The zero-order valence-electron chi connectivity index (χ0n) is 20.8. The minimum atomic E-state index is -0.293. The highest BCUT2D eigenvalue weighted by molar-refractivity contribution is 6.05. The number of hydrogen-bond acceptors (Lipinski definition) is 4. The molecule has 0 N–H and O–H groups in total. The van der Waals surface area contributed by atoms with Gasteiger partial charge in [0.05, 0.1) is 0 Å². The van der Waals surface area contributed by atoms with Crippen molar-refractivity contribution < 1.29 is 9.59 Å². The molecule has 2 fully saturated rings. The molecule has 0 heterocycles. The molecular formula is C28H40N2O2. The van der Waals surface area contributed by atoms with Gasteiger partial charge in [0, 0.05) is 23.9 Å². The highest BCUT2D eigenvalue weighted by Gasteiger charge is 2.39. The Bertz CT molecular complexity index is 835. The van der Waals surface area contributed by atoms with Crippen molar-refractivity contribution in [1.29, 1.82) is 0 Å². The first-order valence-corrected chi connectivity index (χ1v) is 11.9. The first-order valence-electron chi connectivity index (χ1n) is 11.9. The van der Waals surface area contributed by atoms with E-state index in [9.17, 15) is 9.59 Å². The second kappa shape index (κ2) is 9.84. The summed E-state index contributed by atoms with van der Waals surface area (Å²) in [6.45, 7) is 5.78. The van der Waals surface area contributed by atoms with Gasteiger partial charge >= 0.3 is 0 Å². The van der Waals surface area contributed by atoms with Crippen molar-refractivity contribution in [2.75, 3.05) is 41.3 Å². The summed E-state index contributed by atoms with van der Waals surface area (Å²) >= 11 is 0. The molecule has 2 unspecified atom stereocenters. The predicted molar refractivity (Wildman–Crippen MR) is 133 cm³/mol. The molecule has 174 valence electrons. The maximum Gasteiger partial charge on any atom is 0.166 e. The average Bonchev–Trinajstić information content (AvgIpc) is 2.69. The number of hydrogen-bond donors (Lipinski definition) is 0. The van der Waals surface area contributed by atoms with Crippen LogP contribution in [0.4, 0.5) is 0 Å². The smallest absolute Gasteiger partial charge is 0.166 e. The fraction of sp³-hybridized carbons (Fsp3) is 0.571. The normalized spacial score (nSPS) is 29.5. The Balaban J connectivity index is 1.76. The van der Waals surface area contributed by atoms with Crippen molar-refractivity contribution in [3.63, 3.8) is 0 Å². The van der Waals surface area contributed by atoms with Crippen molar-refractivity contribution in [1.82, 2.24) is 9.80 Å². The van der Waals surface area contributed by atoms with E-state index in [2.05, 4.69) is 60.1 Å². The Hall–Kier alpha value is -2.04. The monoisotopic (exact) mass is 436 g/mol. The molecule has 32 heavy (non-hydrogen) atoms. The quantitative estimate of drug-likeness (QED) is 0.582. The molecule has 0 spiro atoms. The maximum atomic E-state index is 13.1. The number of nitrogens with zero attached hydrogens (tertiary/aromatic N) is 2. The summed E-state index contributed by atoms with van der Waals surface area (Å²) in [4.78, 5) is 30.5. The highest BCUT2D eigenvalue weighted by Crippen LogP contribution is 2.38. The highest BCUT2D eigenvalue weighted by atomic mass is 16.1. The SMILES string of the molecule is CN(C)CC1(C)CCC/C(=C\c2ccc(/C=C3\CCCC(C)(CN(C)C)C3=O)cc2)C1=O. The number of carbonyl (C=O) groups is 2. The molecule has 4 nitrogen and oxygen atoms in total. The molecule has 0 bridgehead atoms. The lowest BCUT2D eigenvalue weighted by Gasteiger charge is -2.35. The Morgan fingerprint density at radius 3 is 1.38 bits per heavy atom. The van der Waals surface area contributed by atoms with Gasteiger partial charge in [-0.15, -0.1) is 0 Å². The van der Waals surface area contributed by atoms with E-state index in [1.54, 1.807) is 0 Å². The maximum absolute atomic E-state index is 13.1. The number of rotatable bonds is 6. The van der Waals surface area contributed by atoms with Gasteiger partial charge in [0.25, 0.3) is 0 Å². The van der Waals surface area contributed by atoms with Crippen molar-refractivity contribution in [2.24, 2.45) is 10.8 Å². The molecule has 2 aliphatic rings. The molecule has 3 rings (SSSR count). The third-order valence-corrected chi connectivity index (χ3v) is 6.98. The lowest BCUT2D eigenvalue weighted by atomic mass is 9.71. The van der Waals surface area contributed by atoms with E-state index in [4.69, 9.17) is 0 Å². The molecular weight excluding hydrogens is 396 g/mol. The van der Waals surface area contributed by atoms with Gasteiger partial charge in [-0.25, -0.2) is 0 Å². The van der Waals surface area contributed by atoms with Crippen LogP contribution in [0.15, 0.2) is 35.4 Å². The van der Waals surface area contributed by atoms with E-state index in [0.717, 1.165) is 73.9 Å². The predicted octanol–water partition coefficient (Wildman–Crippen LogP) is 5.10. The third kappa shape index (κ3) is 5.65. The van der Waals surface area contributed by atoms with Crippen LogP contribution in [0, 0.1) is 10.8 Å². The third-order valence-electron chi connectivity index (χ3n) is 6.98. The summed E-state index contributed by atoms with van der Waals surface area (Å²) < 4.78 is 0. The molecule has 2 aliphatic carbocycles. The number of carbonyl (C=O) groups excluding carboxylic acids is 2. The van der Waals surface area contributed by atoms with Gasteiger partial charge in [0.2, 0.25) is 0 Å². The Kier molecular flexibility index (Phi) is 7.57. The standard InChI is InChI=1S/C28H40N2O2/c1-27(19-29(3)4)15-7-9-23(25(27)31)17-21-11-13-22(14-12-21)18-24-10-8-16-28(2,26(24)32)20-30(5)6/h11-14,17-18H,7-10,15-16,19-20H2,1-6H3/b23-17+,24-18+. The summed E-state index contributed by atoms with van der Waals surface area (Å²) in [6, 6.07) is 8.27. The first kappa shape index (κ1) is 24.6. The van der Waals surface area contributed by atoms with Crippen LogP contribution < -0.4 is 0 Å². The summed E-state index contributed by atoms with van der Waals surface area (Å²) in [6.07, 6.45) is 9.85. The zero-order valence-corrected chi connectivity index (χ0v) is 20.8. The van der Waals surface area contributed by atoms with Gasteiger partial charge in [-0.05, 0) is 101 Å². The molecule has 1 aromatic rings. The fourth-order valence-corrected chi connectivity index (χ4v) is 5.63. The van der Waals surface area contributed by atoms with Gasteiger partial charge in [-0.1, -0.05) is 38.1 Å². The van der Waals surface area contributed by atoms with Gasteiger partial charge in [0.1, 0.15) is 0 Å². The minimum Gasteiger partial charge on any atom is -0.308 e. The number of benzene rings is 1. The van der Waals surface area contributed by atoms with Crippen LogP contribution in [-0.4, -0.2) is 62.6 Å². The Morgan fingerprint density at radius 1 is 0.719 bits per heavy atom. The van der Waals surface area contributed by atoms with E-state index in [1.165, 1.54) is 0 Å². The summed E-state index contributed by atoms with van der Waals surface area (Å²) in [5, 5.41) is 0. The van der Waals surface area contributed by atoms with Gasteiger partial charge < -0.3 is 9.80 Å². The van der Waals surface area contributed by atoms with Gasteiger partial charge in [-0.3, -0.25) is 9.59 Å². The van der Waals surface area contributed by atoms with Crippen LogP contribution in [0.2, 0.25) is 0 Å². The van der Waals surface area contributed by atoms with Crippen LogP contribution >= 0.6 is 0 Å². The van der Waals surface area contributed by atoms with E-state index < -0.39 is 0 Å². The van der Waals surface area contributed by atoms with Crippen molar-refractivity contribution in [3.05, 3.63) is 46.5 Å². The van der Waals surface area contributed by atoms with Gasteiger partial charge in [0.15, 0.2) is 11.6 Å². The number of allylic oxidation sites excluding steroid dienone is 2. The second-order valence-electron chi connectivity index (χ2n) is 11.0. The van der Waals surface area contributed by atoms with E-state index in [0.29, 0.717) is 0 Å². The van der Waals surface area contributed by atoms with E-state index in [-0.39, 0.29) is 22.4 Å². The number of ketones is 2. The van der Waals surface area contributed by atoms with E-state index in [1.807, 2.05) is 28.2 Å². The second-order valence-corrected chi connectivity index (χ2v) is 11.0.